The zero-order valence-corrected chi connectivity index (χ0v) is 11.0. The number of rotatable bonds is 2. The Balaban J connectivity index is 2.38. The fraction of sp³-hybridized carbons (Fsp3) is 0.182. The van der Waals surface area contributed by atoms with E-state index < -0.39 is 0 Å². The summed E-state index contributed by atoms with van der Waals surface area (Å²) in [5, 5.41) is 0.677. The summed E-state index contributed by atoms with van der Waals surface area (Å²) >= 11 is 9.31. The van der Waals surface area contributed by atoms with Crippen molar-refractivity contribution >= 4 is 27.5 Å². The number of benzene rings is 1. The highest BCUT2D eigenvalue weighted by molar-refractivity contribution is 9.10. The highest BCUT2D eigenvalue weighted by atomic mass is 79.9. The van der Waals surface area contributed by atoms with Crippen molar-refractivity contribution in [3.63, 3.8) is 0 Å². The SMILES string of the molecule is Cn1ccnc1C(N)c1ccc(Cl)c(Br)c1. The van der Waals surface area contributed by atoms with Crippen LogP contribution in [-0.4, -0.2) is 9.55 Å². The summed E-state index contributed by atoms with van der Waals surface area (Å²) in [6.45, 7) is 0. The molecule has 5 heteroatoms. The molecule has 1 atom stereocenters. The summed E-state index contributed by atoms with van der Waals surface area (Å²) in [7, 11) is 1.92. The van der Waals surface area contributed by atoms with Gasteiger partial charge in [0.25, 0.3) is 0 Å². The zero-order chi connectivity index (χ0) is 11.7. The van der Waals surface area contributed by atoms with Crippen molar-refractivity contribution in [2.75, 3.05) is 0 Å². The second-order valence-electron chi connectivity index (χ2n) is 3.55. The van der Waals surface area contributed by atoms with Crippen molar-refractivity contribution in [3.8, 4) is 0 Å². The van der Waals surface area contributed by atoms with Gasteiger partial charge < -0.3 is 10.3 Å². The van der Waals surface area contributed by atoms with Crippen molar-refractivity contribution in [2.45, 2.75) is 6.04 Å². The van der Waals surface area contributed by atoms with Crippen molar-refractivity contribution in [1.82, 2.24) is 9.55 Å². The van der Waals surface area contributed by atoms with Crippen LogP contribution in [0.4, 0.5) is 0 Å². The molecule has 1 unspecified atom stereocenters. The minimum absolute atomic E-state index is 0.242. The molecule has 3 nitrogen and oxygen atoms in total. The lowest BCUT2D eigenvalue weighted by Gasteiger charge is -2.12. The molecule has 2 N–H and O–H groups in total. The third-order valence-corrected chi connectivity index (χ3v) is 3.65. The van der Waals surface area contributed by atoms with Gasteiger partial charge >= 0.3 is 0 Å². The molecule has 2 rings (SSSR count). The van der Waals surface area contributed by atoms with Gasteiger partial charge in [-0.3, -0.25) is 0 Å². The first-order valence-corrected chi connectivity index (χ1v) is 5.94. The zero-order valence-electron chi connectivity index (χ0n) is 8.69. The van der Waals surface area contributed by atoms with E-state index in [9.17, 15) is 0 Å². The van der Waals surface area contributed by atoms with Crippen LogP contribution in [0, 0.1) is 0 Å². The topological polar surface area (TPSA) is 43.8 Å². The van der Waals surface area contributed by atoms with Gasteiger partial charge in [-0.1, -0.05) is 17.7 Å². The molecule has 84 valence electrons. The largest absolute Gasteiger partial charge is 0.336 e. The third kappa shape index (κ3) is 2.14. The summed E-state index contributed by atoms with van der Waals surface area (Å²) < 4.78 is 2.75. The molecule has 16 heavy (non-hydrogen) atoms. The fourth-order valence-corrected chi connectivity index (χ4v) is 2.05. The van der Waals surface area contributed by atoms with Gasteiger partial charge in [0.15, 0.2) is 0 Å². The van der Waals surface area contributed by atoms with E-state index in [0.717, 1.165) is 15.9 Å². The Morgan fingerprint density at radius 1 is 1.50 bits per heavy atom. The Bertz CT molecular complexity index is 510. The minimum Gasteiger partial charge on any atom is -0.336 e. The minimum atomic E-state index is -0.242. The van der Waals surface area contributed by atoms with Crippen LogP contribution < -0.4 is 5.73 Å². The van der Waals surface area contributed by atoms with Crippen molar-refractivity contribution in [1.29, 1.82) is 0 Å². The van der Waals surface area contributed by atoms with Crippen LogP contribution in [0.25, 0.3) is 0 Å². The van der Waals surface area contributed by atoms with Crippen LogP contribution in [0.5, 0.6) is 0 Å². The Morgan fingerprint density at radius 2 is 2.25 bits per heavy atom. The lowest BCUT2D eigenvalue weighted by molar-refractivity contribution is 0.716. The van der Waals surface area contributed by atoms with Crippen LogP contribution in [0.1, 0.15) is 17.4 Å². The average molecular weight is 301 g/mol. The third-order valence-electron chi connectivity index (χ3n) is 2.44. The molecular weight excluding hydrogens is 289 g/mol. The second-order valence-corrected chi connectivity index (χ2v) is 4.81. The molecule has 1 heterocycles. The number of halogens is 2. The molecular formula is C11H11BrClN3. The first kappa shape index (κ1) is 11.6. The Kier molecular flexibility index (Phi) is 3.33. The number of imidazole rings is 1. The van der Waals surface area contributed by atoms with E-state index in [1.165, 1.54) is 0 Å². The maximum atomic E-state index is 6.13. The molecule has 0 amide bonds. The van der Waals surface area contributed by atoms with Crippen molar-refractivity contribution in [3.05, 3.63) is 51.5 Å². The Hall–Kier alpha value is -0.840. The van der Waals surface area contributed by atoms with Crippen LogP contribution in [-0.2, 0) is 7.05 Å². The summed E-state index contributed by atoms with van der Waals surface area (Å²) in [5.74, 6) is 0.828. The van der Waals surface area contributed by atoms with Gasteiger partial charge in [0, 0.05) is 23.9 Å². The van der Waals surface area contributed by atoms with Gasteiger partial charge in [-0.05, 0) is 33.6 Å². The average Bonchev–Trinajstić information content (AvgIpc) is 2.67. The van der Waals surface area contributed by atoms with E-state index in [4.69, 9.17) is 17.3 Å². The van der Waals surface area contributed by atoms with Crippen LogP contribution in [0.15, 0.2) is 35.1 Å². The molecule has 0 bridgehead atoms. The fourth-order valence-electron chi connectivity index (χ4n) is 1.53. The first-order chi connectivity index (χ1) is 7.59. The van der Waals surface area contributed by atoms with Gasteiger partial charge in [-0.2, -0.15) is 0 Å². The van der Waals surface area contributed by atoms with Gasteiger partial charge in [0.1, 0.15) is 5.82 Å². The molecule has 0 fully saturated rings. The first-order valence-electron chi connectivity index (χ1n) is 4.77. The molecule has 1 aromatic carbocycles. The summed E-state index contributed by atoms with van der Waals surface area (Å²) in [4.78, 5) is 4.23. The Labute approximate surface area is 107 Å². The van der Waals surface area contributed by atoms with E-state index in [1.807, 2.05) is 36.0 Å². The highest BCUT2D eigenvalue weighted by Gasteiger charge is 2.14. The summed E-state index contributed by atoms with van der Waals surface area (Å²) in [6, 6.07) is 5.41. The monoisotopic (exact) mass is 299 g/mol. The van der Waals surface area contributed by atoms with Gasteiger partial charge in [0.05, 0.1) is 11.1 Å². The molecule has 0 saturated heterocycles. The smallest absolute Gasteiger partial charge is 0.129 e. The lowest BCUT2D eigenvalue weighted by Crippen LogP contribution is -2.16. The normalized spacial score (nSPS) is 12.8. The quantitative estimate of drug-likeness (QED) is 0.927. The predicted molar refractivity (Wildman–Crippen MR) is 68.4 cm³/mol. The summed E-state index contributed by atoms with van der Waals surface area (Å²) in [5.41, 5.74) is 7.11. The molecule has 0 aliphatic rings. The van der Waals surface area contributed by atoms with E-state index in [2.05, 4.69) is 20.9 Å². The van der Waals surface area contributed by atoms with Gasteiger partial charge in [-0.25, -0.2) is 4.98 Å². The van der Waals surface area contributed by atoms with Crippen molar-refractivity contribution < 1.29 is 0 Å². The van der Waals surface area contributed by atoms with Gasteiger partial charge in [0.2, 0.25) is 0 Å². The van der Waals surface area contributed by atoms with E-state index >= 15 is 0 Å². The number of nitrogens with two attached hydrogens (primary N) is 1. The van der Waals surface area contributed by atoms with Crippen LogP contribution in [0.2, 0.25) is 5.02 Å². The summed E-state index contributed by atoms with van der Waals surface area (Å²) in [6.07, 6.45) is 3.61. The molecule has 0 aliphatic carbocycles. The Morgan fingerprint density at radius 3 is 2.81 bits per heavy atom. The number of hydrogen-bond donors (Lipinski definition) is 1. The van der Waals surface area contributed by atoms with E-state index in [0.29, 0.717) is 5.02 Å². The molecule has 2 aromatic rings. The second kappa shape index (κ2) is 4.57. The van der Waals surface area contributed by atoms with E-state index in [1.54, 1.807) is 6.20 Å². The molecule has 0 saturated carbocycles. The number of aromatic nitrogens is 2. The van der Waals surface area contributed by atoms with E-state index in [-0.39, 0.29) is 6.04 Å². The maximum Gasteiger partial charge on any atom is 0.129 e. The molecule has 1 aromatic heterocycles. The van der Waals surface area contributed by atoms with Gasteiger partial charge in [-0.15, -0.1) is 0 Å². The maximum absolute atomic E-state index is 6.13. The predicted octanol–water partition coefficient (Wildman–Crippen LogP) is 2.88. The van der Waals surface area contributed by atoms with Crippen LogP contribution in [0.3, 0.4) is 0 Å². The number of aryl methyl sites for hydroxylation is 1. The number of nitrogens with zero attached hydrogens (tertiary/aromatic N) is 2. The molecule has 0 aliphatic heterocycles. The number of hydrogen-bond acceptors (Lipinski definition) is 2. The standard InChI is InChI=1S/C11H11BrClN3/c1-16-5-4-15-11(16)10(14)7-2-3-9(13)8(12)6-7/h2-6,10H,14H2,1H3. The lowest BCUT2D eigenvalue weighted by atomic mass is 10.1. The van der Waals surface area contributed by atoms with Crippen LogP contribution >= 0.6 is 27.5 Å². The van der Waals surface area contributed by atoms with Crippen molar-refractivity contribution in [2.24, 2.45) is 12.8 Å². The highest BCUT2D eigenvalue weighted by Crippen LogP contribution is 2.27. The molecule has 0 radical (unpaired) electrons. The molecule has 0 spiro atoms.